The molecule has 1 fully saturated rings. The molecule has 16 heavy (non-hydrogen) atoms. The zero-order valence-corrected chi connectivity index (χ0v) is 10.1. The van der Waals surface area contributed by atoms with Crippen LogP contribution in [0.15, 0.2) is 11.9 Å². The van der Waals surface area contributed by atoms with Crippen molar-refractivity contribution >= 4 is 7.60 Å². The van der Waals surface area contributed by atoms with E-state index in [2.05, 4.69) is 4.52 Å². The summed E-state index contributed by atoms with van der Waals surface area (Å²) in [6.45, 7) is 2.04. The molecule has 1 heterocycles. The highest BCUT2D eigenvalue weighted by molar-refractivity contribution is 7.56. The fourth-order valence-corrected chi connectivity index (χ4v) is 1.92. The van der Waals surface area contributed by atoms with Gasteiger partial charge in [-0.15, -0.1) is 0 Å². The first kappa shape index (κ1) is 13.8. The van der Waals surface area contributed by atoms with Crippen LogP contribution in [0, 0.1) is 0 Å². The lowest BCUT2D eigenvalue weighted by Crippen LogP contribution is -2.29. The zero-order chi connectivity index (χ0) is 12.2. The molecule has 0 amide bonds. The van der Waals surface area contributed by atoms with Crippen LogP contribution in [0.4, 0.5) is 4.39 Å². The normalized spacial score (nSPS) is 34.4. The van der Waals surface area contributed by atoms with Crippen molar-refractivity contribution in [3.63, 3.8) is 0 Å². The highest BCUT2D eigenvalue weighted by Gasteiger charge is 2.37. The number of ether oxygens (including phenoxy) is 2. The van der Waals surface area contributed by atoms with Gasteiger partial charge in [-0.2, -0.15) is 0 Å². The number of hydrogen-bond donors (Lipinski definition) is 1. The summed E-state index contributed by atoms with van der Waals surface area (Å²) in [5, 5.41) is 0. The Morgan fingerprint density at radius 1 is 1.69 bits per heavy atom. The van der Waals surface area contributed by atoms with E-state index in [4.69, 9.17) is 14.4 Å². The predicted molar refractivity (Wildman–Crippen MR) is 56.0 cm³/mol. The van der Waals surface area contributed by atoms with Crippen molar-refractivity contribution in [2.24, 2.45) is 0 Å². The van der Waals surface area contributed by atoms with Gasteiger partial charge in [0.25, 0.3) is 0 Å². The fraction of sp³-hybridized carbons (Fsp3) is 0.778. The molecular formula is C9H16FO5P. The fourth-order valence-electron chi connectivity index (χ4n) is 1.41. The summed E-state index contributed by atoms with van der Waals surface area (Å²) >= 11 is 0. The molecule has 94 valence electrons. The average Bonchev–Trinajstić information content (AvgIpc) is 2.59. The van der Waals surface area contributed by atoms with Gasteiger partial charge in [-0.25, -0.2) is 4.39 Å². The van der Waals surface area contributed by atoms with Crippen LogP contribution in [-0.2, 0) is 18.6 Å². The van der Waals surface area contributed by atoms with Crippen LogP contribution in [0.5, 0.6) is 0 Å². The molecule has 1 saturated heterocycles. The SMILES string of the molecule is CCO[C@H]1[C@@H](F)CO[C@@H]1/C=C/P(=O)(O)OC. The molecule has 7 heteroatoms. The van der Waals surface area contributed by atoms with Gasteiger partial charge in [-0.3, -0.25) is 4.57 Å². The van der Waals surface area contributed by atoms with Crippen molar-refractivity contribution in [2.45, 2.75) is 25.3 Å². The van der Waals surface area contributed by atoms with E-state index >= 15 is 0 Å². The Bertz CT molecular complexity index is 296. The van der Waals surface area contributed by atoms with E-state index in [0.717, 1.165) is 12.9 Å². The van der Waals surface area contributed by atoms with Gasteiger partial charge in [0, 0.05) is 19.5 Å². The first-order chi connectivity index (χ1) is 7.50. The smallest absolute Gasteiger partial charge is 0.351 e. The van der Waals surface area contributed by atoms with E-state index in [1.807, 2.05) is 0 Å². The lowest BCUT2D eigenvalue weighted by molar-refractivity contribution is 0.00120. The predicted octanol–water partition coefficient (Wildman–Crippen LogP) is 1.47. The second-order valence-corrected chi connectivity index (χ2v) is 5.11. The van der Waals surface area contributed by atoms with Crippen LogP contribution in [0.1, 0.15) is 6.92 Å². The summed E-state index contributed by atoms with van der Waals surface area (Å²) in [5.41, 5.74) is 0. The third-order valence-electron chi connectivity index (χ3n) is 2.21. The average molecular weight is 254 g/mol. The van der Waals surface area contributed by atoms with Crippen molar-refractivity contribution in [2.75, 3.05) is 20.3 Å². The summed E-state index contributed by atoms with van der Waals surface area (Å²) in [7, 11) is -2.61. The first-order valence-corrected chi connectivity index (χ1v) is 6.59. The Morgan fingerprint density at radius 3 is 2.94 bits per heavy atom. The van der Waals surface area contributed by atoms with Gasteiger partial charge < -0.3 is 18.9 Å². The molecule has 4 atom stereocenters. The molecule has 0 aliphatic carbocycles. The lowest BCUT2D eigenvalue weighted by Gasteiger charge is -2.16. The highest BCUT2D eigenvalue weighted by Crippen LogP contribution is 2.42. The molecule has 0 radical (unpaired) electrons. The number of hydrogen-bond acceptors (Lipinski definition) is 4. The monoisotopic (exact) mass is 254 g/mol. The van der Waals surface area contributed by atoms with Crippen LogP contribution >= 0.6 is 7.60 Å². The van der Waals surface area contributed by atoms with Crippen LogP contribution in [0.3, 0.4) is 0 Å². The Morgan fingerprint density at radius 2 is 2.38 bits per heavy atom. The summed E-state index contributed by atoms with van der Waals surface area (Å²) in [4.78, 5) is 9.12. The van der Waals surface area contributed by atoms with Gasteiger partial charge in [0.05, 0.1) is 6.61 Å². The molecule has 0 aromatic heterocycles. The Hall–Kier alpha value is -0.260. The molecule has 0 aromatic rings. The van der Waals surface area contributed by atoms with Gasteiger partial charge in [0.2, 0.25) is 0 Å². The number of halogens is 1. The van der Waals surface area contributed by atoms with Gasteiger partial charge >= 0.3 is 7.60 Å². The van der Waals surface area contributed by atoms with Gasteiger partial charge in [0.15, 0.2) is 6.17 Å². The summed E-state index contributed by atoms with van der Waals surface area (Å²) in [6.07, 6.45) is -1.27. The molecule has 1 unspecified atom stereocenters. The Balaban J connectivity index is 2.63. The number of alkyl halides is 1. The van der Waals surface area contributed by atoms with Gasteiger partial charge in [-0.05, 0) is 13.0 Å². The lowest BCUT2D eigenvalue weighted by atomic mass is 10.1. The number of rotatable bonds is 5. The van der Waals surface area contributed by atoms with E-state index in [9.17, 15) is 8.96 Å². The molecular weight excluding hydrogens is 238 g/mol. The minimum absolute atomic E-state index is 0.0671. The van der Waals surface area contributed by atoms with Gasteiger partial charge in [-0.1, -0.05) is 0 Å². The minimum Gasteiger partial charge on any atom is -0.372 e. The molecule has 1 aliphatic rings. The Labute approximate surface area is 93.7 Å². The van der Waals surface area contributed by atoms with Gasteiger partial charge in [0.1, 0.15) is 12.2 Å². The van der Waals surface area contributed by atoms with Crippen LogP contribution in [-0.4, -0.2) is 43.6 Å². The summed E-state index contributed by atoms with van der Waals surface area (Å²) in [6, 6.07) is 0. The minimum atomic E-state index is -3.73. The van der Waals surface area contributed by atoms with Crippen LogP contribution < -0.4 is 0 Å². The van der Waals surface area contributed by atoms with Crippen molar-refractivity contribution < 1.29 is 27.8 Å². The van der Waals surface area contributed by atoms with Crippen molar-refractivity contribution in [1.82, 2.24) is 0 Å². The quantitative estimate of drug-likeness (QED) is 0.753. The first-order valence-electron chi connectivity index (χ1n) is 4.95. The summed E-state index contributed by atoms with van der Waals surface area (Å²) < 4.78 is 39.0. The molecule has 0 bridgehead atoms. The molecule has 0 aromatic carbocycles. The third-order valence-corrected chi connectivity index (χ3v) is 3.29. The third kappa shape index (κ3) is 3.64. The highest BCUT2D eigenvalue weighted by atomic mass is 31.2. The molecule has 1 aliphatic heterocycles. The summed E-state index contributed by atoms with van der Waals surface area (Å²) in [5.74, 6) is 0.988. The maximum Gasteiger partial charge on any atom is 0.351 e. The van der Waals surface area contributed by atoms with Crippen molar-refractivity contribution in [1.29, 1.82) is 0 Å². The maximum absolute atomic E-state index is 13.3. The van der Waals surface area contributed by atoms with E-state index in [0.29, 0.717) is 6.61 Å². The van der Waals surface area contributed by atoms with Crippen LogP contribution in [0.25, 0.3) is 0 Å². The molecule has 0 saturated carbocycles. The standard InChI is InChI=1S/C9H16FO5P/c1-3-14-9-7(10)6-15-8(9)4-5-16(11,12)13-2/h4-5,7-9H,3,6H2,1-2H3,(H,11,12)/b5-4+/t7-,8+,9-/m0/s1. The maximum atomic E-state index is 13.3. The van der Waals surface area contributed by atoms with Crippen molar-refractivity contribution in [3.05, 3.63) is 11.9 Å². The molecule has 5 nitrogen and oxygen atoms in total. The largest absolute Gasteiger partial charge is 0.372 e. The second-order valence-electron chi connectivity index (χ2n) is 3.32. The van der Waals surface area contributed by atoms with Crippen LogP contribution in [0.2, 0.25) is 0 Å². The molecule has 0 spiro atoms. The Kier molecular flexibility index (Phi) is 5.08. The molecule has 1 rings (SSSR count). The van der Waals surface area contributed by atoms with E-state index in [-0.39, 0.29) is 6.61 Å². The van der Waals surface area contributed by atoms with E-state index in [1.54, 1.807) is 6.92 Å². The van der Waals surface area contributed by atoms with Crippen molar-refractivity contribution in [3.8, 4) is 0 Å². The molecule has 1 N–H and O–H groups in total. The van der Waals surface area contributed by atoms with E-state index in [1.165, 1.54) is 6.08 Å². The second kappa shape index (κ2) is 5.89. The topological polar surface area (TPSA) is 65.0 Å². The zero-order valence-electron chi connectivity index (χ0n) is 9.21. The van der Waals surface area contributed by atoms with E-state index < -0.39 is 26.0 Å².